The molecule has 0 bridgehead atoms. The van der Waals surface area contributed by atoms with Crippen LogP contribution in [0.5, 0.6) is 11.5 Å². The van der Waals surface area contributed by atoms with Crippen molar-refractivity contribution in [1.29, 1.82) is 0 Å². The first kappa shape index (κ1) is 10.0. The van der Waals surface area contributed by atoms with Crippen LogP contribution in [0, 0.1) is 0 Å². The molecule has 5 heteroatoms. The predicted octanol–water partition coefficient (Wildman–Crippen LogP) is 1.29. The normalized spacial score (nSPS) is 14.6. The second-order valence-corrected chi connectivity index (χ2v) is 3.69. The Labute approximate surface area is 97.7 Å². The van der Waals surface area contributed by atoms with E-state index in [-0.39, 0.29) is 6.79 Å². The fraction of sp³-hybridized carbons (Fsp3) is 0.167. The van der Waals surface area contributed by atoms with Crippen LogP contribution in [-0.2, 0) is 0 Å². The van der Waals surface area contributed by atoms with Gasteiger partial charge in [-0.05, 0) is 17.7 Å². The number of hydrogen-bond acceptors (Lipinski definition) is 5. The van der Waals surface area contributed by atoms with E-state index in [0.717, 1.165) is 5.56 Å². The summed E-state index contributed by atoms with van der Waals surface area (Å²) in [6, 6.07) is 5.34. The molecule has 3 rings (SSSR count). The fourth-order valence-electron chi connectivity index (χ4n) is 1.73. The average molecular weight is 230 g/mol. The molecule has 1 atom stereocenters. The van der Waals surface area contributed by atoms with Gasteiger partial charge < -0.3 is 14.6 Å². The van der Waals surface area contributed by atoms with E-state index in [4.69, 9.17) is 9.47 Å². The lowest BCUT2D eigenvalue weighted by atomic mass is 10.0. The van der Waals surface area contributed by atoms with Gasteiger partial charge in [-0.3, -0.25) is 0 Å². The Morgan fingerprint density at radius 3 is 2.65 bits per heavy atom. The third-order valence-corrected chi connectivity index (χ3v) is 2.61. The molecule has 1 aromatic carbocycles. The lowest BCUT2D eigenvalue weighted by Gasteiger charge is -2.10. The Bertz CT molecular complexity index is 531. The van der Waals surface area contributed by atoms with E-state index in [9.17, 15) is 5.11 Å². The zero-order valence-electron chi connectivity index (χ0n) is 8.91. The van der Waals surface area contributed by atoms with Gasteiger partial charge in [-0.25, -0.2) is 9.97 Å². The van der Waals surface area contributed by atoms with Crippen LogP contribution in [0.15, 0.2) is 36.9 Å². The van der Waals surface area contributed by atoms with Crippen molar-refractivity contribution in [3.05, 3.63) is 48.0 Å². The molecule has 0 spiro atoms. The van der Waals surface area contributed by atoms with Gasteiger partial charge in [0.25, 0.3) is 0 Å². The quantitative estimate of drug-likeness (QED) is 0.842. The largest absolute Gasteiger partial charge is 0.454 e. The lowest BCUT2D eigenvalue weighted by molar-refractivity contribution is 0.173. The van der Waals surface area contributed by atoms with Gasteiger partial charge in [0.05, 0.1) is 0 Å². The van der Waals surface area contributed by atoms with Crippen LogP contribution in [-0.4, -0.2) is 21.9 Å². The fourth-order valence-corrected chi connectivity index (χ4v) is 1.73. The van der Waals surface area contributed by atoms with Gasteiger partial charge in [0.1, 0.15) is 12.4 Å². The van der Waals surface area contributed by atoms with E-state index in [1.54, 1.807) is 30.6 Å². The number of aromatic nitrogens is 2. The summed E-state index contributed by atoms with van der Waals surface area (Å²) in [5, 5.41) is 10.1. The third kappa shape index (κ3) is 1.81. The van der Waals surface area contributed by atoms with Crippen molar-refractivity contribution < 1.29 is 14.6 Å². The van der Waals surface area contributed by atoms with Crippen molar-refractivity contribution in [3.8, 4) is 11.5 Å². The Morgan fingerprint density at radius 1 is 1.06 bits per heavy atom. The molecule has 1 unspecified atom stereocenters. The van der Waals surface area contributed by atoms with Crippen LogP contribution in [0.4, 0.5) is 0 Å². The van der Waals surface area contributed by atoms with Gasteiger partial charge in [-0.1, -0.05) is 6.07 Å². The van der Waals surface area contributed by atoms with E-state index in [1.165, 1.54) is 6.33 Å². The average Bonchev–Trinajstić information content (AvgIpc) is 2.86. The van der Waals surface area contributed by atoms with Gasteiger partial charge in [0.15, 0.2) is 11.5 Å². The summed E-state index contributed by atoms with van der Waals surface area (Å²) < 4.78 is 10.5. The number of rotatable bonds is 2. The smallest absolute Gasteiger partial charge is 0.231 e. The Hall–Kier alpha value is -2.14. The van der Waals surface area contributed by atoms with Gasteiger partial charge in [-0.2, -0.15) is 0 Å². The van der Waals surface area contributed by atoms with E-state index in [0.29, 0.717) is 17.1 Å². The number of ether oxygens (including phenoxy) is 2. The molecule has 0 radical (unpaired) electrons. The minimum atomic E-state index is -0.759. The predicted molar refractivity (Wildman–Crippen MR) is 58.7 cm³/mol. The number of hydrogen-bond donors (Lipinski definition) is 1. The molecule has 1 N–H and O–H groups in total. The third-order valence-electron chi connectivity index (χ3n) is 2.61. The summed E-state index contributed by atoms with van der Waals surface area (Å²) in [5.41, 5.74) is 1.37. The molecular weight excluding hydrogens is 220 g/mol. The number of benzene rings is 1. The molecule has 1 aliphatic rings. The highest BCUT2D eigenvalue weighted by Gasteiger charge is 2.17. The standard InChI is InChI=1S/C12H10N2O3/c15-12(9-4-13-6-14-5-9)8-1-2-10-11(3-8)17-7-16-10/h1-6,12,15H,7H2. The van der Waals surface area contributed by atoms with Crippen LogP contribution in [0.25, 0.3) is 0 Å². The topological polar surface area (TPSA) is 64.5 Å². The van der Waals surface area contributed by atoms with E-state index < -0.39 is 6.10 Å². The van der Waals surface area contributed by atoms with Crippen molar-refractivity contribution >= 4 is 0 Å². The molecule has 0 saturated heterocycles. The van der Waals surface area contributed by atoms with Gasteiger partial charge in [-0.15, -0.1) is 0 Å². The molecule has 0 amide bonds. The van der Waals surface area contributed by atoms with Crippen molar-refractivity contribution in [2.75, 3.05) is 6.79 Å². The summed E-state index contributed by atoms with van der Waals surface area (Å²) in [5.74, 6) is 1.35. The minimum absolute atomic E-state index is 0.226. The van der Waals surface area contributed by atoms with E-state index in [1.807, 2.05) is 0 Å². The first-order chi connectivity index (χ1) is 8.34. The molecule has 0 aliphatic carbocycles. The highest BCUT2D eigenvalue weighted by Crippen LogP contribution is 2.35. The summed E-state index contributed by atoms with van der Waals surface area (Å²) in [7, 11) is 0. The molecule has 2 heterocycles. The Morgan fingerprint density at radius 2 is 1.82 bits per heavy atom. The number of nitrogens with zero attached hydrogens (tertiary/aromatic N) is 2. The number of aliphatic hydroxyl groups excluding tert-OH is 1. The molecule has 86 valence electrons. The Balaban J connectivity index is 1.94. The maximum atomic E-state index is 10.1. The highest BCUT2D eigenvalue weighted by molar-refractivity contribution is 5.46. The van der Waals surface area contributed by atoms with E-state index >= 15 is 0 Å². The number of aliphatic hydroxyl groups is 1. The summed E-state index contributed by atoms with van der Waals surface area (Å²) in [6.07, 6.45) is 3.84. The van der Waals surface area contributed by atoms with Crippen LogP contribution in [0.3, 0.4) is 0 Å². The maximum Gasteiger partial charge on any atom is 0.231 e. The molecule has 1 aromatic heterocycles. The van der Waals surface area contributed by atoms with Crippen LogP contribution >= 0.6 is 0 Å². The van der Waals surface area contributed by atoms with Crippen molar-refractivity contribution in [2.45, 2.75) is 6.10 Å². The second kappa shape index (κ2) is 4.03. The van der Waals surface area contributed by atoms with Gasteiger partial charge in [0.2, 0.25) is 6.79 Å². The van der Waals surface area contributed by atoms with E-state index in [2.05, 4.69) is 9.97 Å². The zero-order valence-corrected chi connectivity index (χ0v) is 8.91. The van der Waals surface area contributed by atoms with Crippen LogP contribution in [0.1, 0.15) is 17.2 Å². The van der Waals surface area contributed by atoms with Gasteiger partial charge in [0, 0.05) is 18.0 Å². The molecule has 2 aromatic rings. The Kier molecular flexibility index (Phi) is 2.38. The summed E-state index contributed by atoms with van der Waals surface area (Å²) >= 11 is 0. The van der Waals surface area contributed by atoms with Crippen molar-refractivity contribution in [1.82, 2.24) is 9.97 Å². The van der Waals surface area contributed by atoms with Crippen LogP contribution in [0.2, 0.25) is 0 Å². The van der Waals surface area contributed by atoms with Crippen LogP contribution < -0.4 is 9.47 Å². The summed E-state index contributed by atoms with van der Waals surface area (Å²) in [4.78, 5) is 7.75. The molecule has 5 nitrogen and oxygen atoms in total. The first-order valence-corrected chi connectivity index (χ1v) is 5.17. The summed E-state index contributed by atoms with van der Waals surface area (Å²) in [6.45, 7) is 0.226. The molecule has 1 aliphatic heterocycles. The molecular formula is C12H10N2O3. The lowest BCUT2D eigenvalue weighted by Crippen LogP contribution is -2.00. The molecule has 0 saturated carbocycles. The maximum absolute atomic E-state index is 10.1. The second-order valence-electron chi connectivity index (χ2n) is 3.69. The monoisotopic (exact) mass is 230 g/mol. The molecule has 0 fully saturated rings. The van der Waals surface area contributed by atoms with Gasteiger partial charge >= 0.3 is 0 Å². The van der Waals surface area contributed by atoms with Crippen molar-refractivity contribution in [3.63, 3.8) is 0 Å². The van der Waals surface area contributed by atoms with Crippen molar-refractivity contribution in [2.24, 2.45) is 0 Å². The minimum Gasteiger partial charge on any atom is -0.454 e. The highest BCUT2D eigenvalue weighted by atomic mass is 16.7. The molecule has 17 heavy (non-hydrogen) atoms. The zero-order chi connectivity index (χ0) is 11.7. The number of fused-ring (bicyclic) bond motifs is 1. The SMILES string of the molecule is OC(c1cncnc1)c1ccc2c(c1)OCO2. The first-order valence-electron chi connectivity index (χ1n) is 5.17.